The van der Waals surface area contributed by atoms with E-state index in [0.29, 0.717) is 44.2 Å². The lowest BCUT2D eigenvalue weighted by atomic mass is 10.2. The SMILES string of the molecule is C#CCCCC(=O)NCCCCNS(=O)(=O)c1cc(NC(=O)[C@@H](C)n2ncc(Cl)cc2=O)ccc1C. The van der Waals surface area contributed by atoms with Gasteiger partial charge in [-0.3, -0.25) is 14.4 Å². The summed E-state index contributed by atoms with van der Waals surface area (Å²) in [6, 6.07) is 4.71. The minimum Gasteiger partial charge on any atom is -0.356 e. The molecular weight excluding hydrogens is 506 g/mol. The normalized spacial score (nSPS) is 11.9. The van der Waals surface area contributed by atoms with Gasteiger partial charge in [-0.25, -0.2) is 17.8 Å². The number of benzene rings is 1. The number of carbonyl (C=O) groups is 2. The Hall–Kier alpha value is -3.20. The molecule has 0 unspecified atom stereocenters. The third-order valence-corrected chi connectivity index (χ3v) is 7.04. The average molecular weight is 536 g/mol. The molecule has 0 radical (unpaired) electrons. The molecule has 1 aromatic heterocycles. The van der Waals surface area contributed by atoms with Gasteiger partial charge in [-0.1, -0.05) is 17.7 Å². The predicted molar refractivity (Wildman–Crippen MR) is 138 cm³/mol. The van der Waals surface area contributed by atoms with Crippen molar-refractivity contribution in [1.29, 1.82) is 0 Å². The summed E-state index contributed by atoms with van der Waals surface area (Å²) in [6.45, 7) is 3.77. The highest BCUT2D eigenvalue weighted by molar-refractivity contribution is 7.89. The number of anilines is 1. The number of amides is 2. The zero-order valence-corrected chi connectivity index (χ0v) is 21.8. The smallest absolute Gasteiger partial charge is 0.268 e. The Morgan fingerprint density at radius 2 is 1.92 bits per heavy atom. The van der Waals surface area contributed by atoms with E-state index in [1.165, 1.54) is 19.2 Å². The van der Waals surface area contributed by atoms with E-state index in [0.717, 1.165) is 10.7 Å². The summed E-state index contributed by atoms with van der Waals surface area (Å²) in [7, 11) is -3.84. The van der Waals surface area contributed by atoms with Crippen molar-refractivity contribution < 1.29 is 18.0 Å². The molecule has 3 N–H and O–H groups in total. The Morgan fingerprint density at radius 3 is 2.61 bits per heavy atom. The highest BCUT2D eigenvalue weighted by Gasteiger charge is 2.20. The van der Waals surface area contributed by atoms with Gasteiger partial charge in [0.15, 0.2) is 0 Å². The summed E-state index contributed by atoms with van der Waals surface area (Å²) in [4.78, 5) is 36.4. The zero-order valence-electron chi connectivity index (χ0n) is 20.2. The summed E-state index contributed by atoms with van der Waals surface area (Å²) in [5.41, 5.74) is 0.223. The molecule has 10 nitrogen and oxygen atoms in total. The monoisotopic (exact) mass is 535 g/mol. The van der Waals surface area contributed by atoms with Gasteiger partial charge in [-0.05, 0) is 50.8 Å². The van der Waals surface area contributed by atoms with Gasteiger partial charge in [0, 0.05) is 37.7 Å². The predicted octanol–water partition coefficient (Wildman–Crippen LogP) is 2.38. The van der Waals surface area contributed by atoms with Gasteiger partial charge in [0.05, 0.1) is 16.1 Å². The van der Waals surface area contributed by atoms with Crippen LogP contribution in [-0.4, -0.2) is 43.1 Å². The summed E-state index contributed by atoms with van der Waals surface area (Å²) in [5, 5.41) is 9.42. The lowest BCUT2D eigenvalue weighted by Gasteiger charge is -2.15. The maximum atomic E-state index is 12.8. The number of terminal acetylenes is 1. The Kier molecular flexibility index (Phi) is 11.1. The van der Waals surface area contributed by atoms with Crippen LogP contribution in [0, 0.1) is 19.3 Å². The molecule has 194 valence electrons. The van der Waals surface area contributed by atoms with E-state index >= 15 is 0 Å². The second kappa shape index (κ2) is 13.8. The maximum absolute atomic E-state index is 12.8. The van der Waals surface area contributed by atoms with Crippen molar-refractivity contribution in [2.24, 2.45) is 0 Å². The third-order valence-electron chi connectivity index (χ3n) is 5.23. The fourth-order valence-corrected chi connectivity index (χ4v) is 4.69. The molecule has 0 saturated heterocycles. The van der Waals surface area contributed by atoms with Crippen LogP contribution in [0.3, 0.4) is 0 Å². The van der Waals surface area contributed by atoms with Crippen LogP contribution < -0.4 is 20.9 Å². The molecule has 1 atom stereocenters. The minimum absolute atomic E-state index is 0.0246. The zero-order chi connectivity index (χ0) is 26.7. The van der Waals surface area contributed by atoms with Gasteiger partial charge in [0.1, 0.15) is 6.04 Å². The number of halogens is 1. The van der Waals surface area contributed by atoms with Crippen molar-refractivity contribution in [2.75, 3.05) is 18.4 Å². The van der Waals surface area contributed by atoms with Gasteiger partial charge in [0.25, 0.3) is 5.56 Å². The summed E-state index contributed by atoms with van der Waals surface area (Å²) >= 11 is 5.74. The van der Waals surface area contributed by atoms with Crippen LogP contribution in [0.5, 0.6) is 0 Å². The fraction of sp³-hybridized carbons (Fsp3) is 0.417. The topological polar surface area (TPSA) is 139 Å². The van der Waals surface area contributed by atoms with E-state index in [9.17, 15) is 22.8 Å². The minimum atomic E-state index is -3.84. The number of nitrogens with one attached hydrogen (secondary N) is 3. The van der Waals surface area contributed by atoms with Gasteiger partial charge in [-0.15, -0.1) is 12.3 Å². The van der Waals surface area contributed by atoms with Crippen LogP contribution in [0.15, 0.2) is 40.2 Å². The van der Waals surface area contributed by atoms with E-state index in [4.69, 9.17) is 18.0 Å². The molecule has 1 heterocycles. The summed E-state index contributed by atoms with van der Waals surface area (Å²) in [6.07, 6.45) is 9.10. The lowest BCUT2D eigenvalue weighted by molar-refractivity contribution is -0.121. The van der Waals surface area contributed by atoms with Crippen LogP contribution in [0.2, 0.25) is 5.02 Å². The van der Waals surface area contributed by atoms with Gasteiger partial charge >= 0.3 is 0 Å². The van der Waals surface area contributed by atoms with E-state index in [-0.39, 0.29) is 28.1 Å². The van der Waals surface area contributed by atoms with Gasteiger partial charge in [-0.2, -0.15) is 5.10 Å². The Bertz CT molecular complexity index is 1290. The molecule has 0 saturated carbocycles. The van der Waals surface area contributed by atoms with Crippen molar-refractivity contribution in [3.8, 4) is 12.3 Å². The van der Waals surface area contributed by atoms with Crippen LogP contribution in [0.1, 0.15) is 50.6 Å². The Labute approximate surface area is 215 Å². The van der Waals surface area contributed by atoms with Crippen molar-refractivity contribution >= 4 is 39.1 Å². The second-order valence-corrected chi connectivity index (χ2v) is 10.3. The van der Waals surface area contributed by atoms with Crippen LogP contribution in [0.4, 0.5) is 5.69 Å². The highest BCUT2D eigenvalue weighted by atomic mass is 35.5. The van der Waals surface area contributed by atoms with Crippen LogP contribution >= 0.6 is 11.6 Å². The largest absolute Gasteiger partial charge is 0.356 e. The Balaban J connectivity index is 1.92. The first kappa shape index (κ1) is 29.0. The molecule has 2 aromatic rings. The first-order valence-electron chi connectivity index (χ1n) is 11.4. The number of hydrogen-bond donors (Lipinski definition) is 3. The molecular formula is C24H30ClN5O5S. The highest BCUT2D eigenvalue weighted by Crippen LogP contribution is 2.21. The molecule has 1 aromatic carbocycles. The molecule has 0 aliphatic carbocycles. The van der Waals surface area contributed by atoms with E-state index in [2.05, 4.69) is 26.4 Å². The second-order valence-electron chi connectivity index (χ2n) is 8.11. The number of unbranched alkanes of at least 4 members (excludes halogenated alkanes) is 2. The summed E-state index contributed by atoms with van der Waals surface area (Å²) in [5.74, 6) is 1.86. The maximum Gasteiger partial charge on any atom is 0.268 e. The molecule has 0 aliphatic heterocycles. The molecule has 12 heteroatoms. The molecule has 0 spiro atoms. The number of aromatic nitrogens is 2. The third kappa shape index (κ3) is 8.78. The molecule has 2 rings (SSSR count). The van der Waals surface area contributed by atoms with Crippen LogP contribution in [-0.2, 0) is 19.6 Å². The first-order valence-corrected chi connectivity index (χ1v) is 13.3. The van der Waals surface area contributed by atoms with Crippen molar-refractivity contribution in [3.63, 3.8) is 0 Å². The Morgan fingerprint density at radius 1 is 1.19 bits per heavy atom. The van der Waals surface area contributed by atoms with E-state index in [1.54, 1.807) is 19.1 Å². The molecule has 36 heavy (non-hydrogen) atoms. The first-order chi connectivity index (χ1) is 17.0. The number of carbonyl (C=O) groups excluding carboxylic acids is 2. The van der Waals surface area contributed by atoms with Gasteiger partial charge in [0.2, 0.25) is 21.8 Å². The average Bonchev–Trinajstić information content (AvgIpc) is 2.82. The quantitative estimate of drug-likeness (QED) is 0.266. The molecule has 0 aliphatic rings. The van der Waals surface area contributed by atoms with Crippen molar-refractivity contribution in [2.45, 2.75) is 56.9 Å². The summed E-state index contributed by atoms with van der Waals surface area (Å²) < 4.78 is 29.2. The van der Waals surface area contributed by atoms with Gasteiger partial charge < -0.3 is 10.6 Å². The number of nitrogens with zero attached hydrogens (tertiary/aromatic N) is 2. The molecule has 0 fully saturated rings. The van der Waals surface area contributed by atoms with E-state index < -0.39 is 27.5 Å². The number of aryl methyl sites for hydroxylation is 1. The molecule has 0 bridgehead atoms. The fourth-order valence-electron chi connectivity index (χ4n) is 3.21. The van der Waals surface area contributed by atoms with E-state index in [1.807, 2.05) is 0 Å². The standard InChI is InChI=1S/C24H30ClN5O5S/c1-4-5-6-9-22(31)26-12-7-8-13-28-36(34,35)21-15-20(11-10-17(21)2)29-24(33)18(3)30-23(32)14-19(25)16-27-30/h1,10-11,14-16,18,28H,5-9,12-13H2,2-3H3,(H,26,31)(H,29,33)/t18-/m1/s1. The number of hydrogen-bond acceptors (Lipinski definition) is 6. The lowest BCUT2D eigenvalue weighted by Crippen LogP contribution is -2.33. The molecule has 2 amide bonds. The van der Waals surface area contributed by atoms with Crippen molar-refractivity contribution in [3.05, 3.63) is 51.4 Å². The van der Waals surface area contributed by atoms with Crippen LogP contribution in [0.25, 0.3) is 0 Å². The number of sulfonamides is 1. The van der Waals surface area contributed by atoms with Crippen molar-refractivity contribution in [1.82, 2.24) is 19.8 Å². The number of rotatable bonds is 13.